The minimum Gasteiger partial charge on any atom is -0.490 e. The highest BCUT2D eigenvalue weighted by Crippen LogP contribution is 2.29. The van der Waals surface area contributed by atoms with Gasteiger partial charge in [-0.2, -0.15) is 0 Å². The molecule has 3 nitrogen and oxygen atoms in total. The minimum absolute atomic E-state index is 0.230. The molecule has 0 unspecified atom stereocenters. The van der Waals surface area contributed by atoms with E-state index in [0.717, 1.165) is 16.4 Å². The Morgan fingerprint density at radius 1 is 1.50 bits per heavy atom. The van der Waals surface area contributed by atoms with Gasteiger partial charge in [-0.25, -0.2) is 4.79 Å². The van der Waals surface area contributed by atoms with Gasteiger partial charge in [0.05, 0.1) is 6.10 Å². The van der Waals surface area contributed by atoms with Crippen molar-refractivity contribution in [3.8, 4) is 5.75 Å². The molecule has 1 aliphatic carbocycles. The van der Waals surface area contributed by atoms with E-state index in [1.54, 1.807) is 12.1 Å². The summed E-state index contributed by atoms with van der Waals surface area (Å²) >= 11 is 2.09. The maximum Gasteiger partial charge on any atom is 0.339 e. The number of carboxylic acid groups (broad SMARTS) is 1. The molecule has 0 atom stereocenters. The molecule has 0 saturated heterocycles. The molecule has 1 fully saturated rings. The molecule has 1 saturated carbocycles. The highest BCUT2D eigenvalue weighted by Gasteiger charge is 2.25. The zero-order valence-corrected chi connectivity index (χ0v) is 9.52. The molecule has 0 aliphatic heterocycles. The number of aromatic carboxylic acids is 1. The number of carboxylic acids is 1. The zero-order chi connectivity index (χ0) is 10.1. The number of benzene rings is 1. The van der Waals surface area contributed by atoms with Crippen LogP contribution >= 0.6 is 22.6 Å². The summed E-state index contributed by atoms with van der Waals surface area (Å²) in [6, 6.07) is 5.20. The number of carbonyl (C=O) groups is 1. The lowest BCUT2D eigenvalue weighted by molar-refractivity contribution is 0.0692. The van der Waals surface area contributed by atoms with E-state index in [9.17, 15) is 4.79 Å². The first-order valence-corrected chi connectivity index (χ1v) is 5.44. The van der Waals surface area contributed by atoms with Crippen LogP contribution in [0, 0.1) is 3.57 Å². The molecule has 0 bridgehead atoms. The summed E-state index contributed by atoms with van der Waals surface area (Å²) in [4.78, 5) is 10.9. The minimum atomic E-state index is -0.931. The van der Waals surface area contributed by atoms with E-state index in [1.807, 2.05) is 6.07 Å². The predicted octanol–water partition coefficient (Wildman–Crippen LogP) is 2.53. The fourth-order valence-electron chi connectivity index (χ4n) is 1.14. The molecule has 1 N–H and O–H groups in total. The topological polar surface area (TPSA) is 46.5 Å². The van der Waals surface area contributed by atoms with Crippen LogP contribution in [0.3, 0.4) is 0 Å². The summed E-state index contributed by atoms with van der Waals surface area (Å²) in [5.41, 5.74) is 0.254. The van der Waals surface area contributed by atoms with Crippen LogP contribution in [0.1, 0.15) is 23.2 Å². The summed E-state index contributed by atoms with van der Waals surface area (Å²) in [7, 11) is 0. The van der Waals surface area contributed by atoms with Crippen molar-refractivity contribution in [2.75, 3.05) is 0 Å². The Balaban J connectivity index is 2.31. The van der Waals surface area contributed by atoms with Gasteiger partial charge in [0.15, 0.2) is 0 Å². The number of hydrogen-bond acceptors (Lipinski definition) is 2. The third-order valence-electron chi connectivity index (χ3n) is 1.99. The van der Waals surface area contributed by atoms with Crippen molar-refractivity contribution < 1.29 is 14.6 Å². The van der Waals surface area contributed by atoms with Crippen molar-refractivity contribution >= 4 is 28.6 Å². The standard InChI is InChI=1S/C10H9IO3/c11-6-1-4-9(14-7-2-3-7)8(5-6)10(12)13/h1,4-5,7H,2-3H2,(H,12,13). The van der Waals surface area contributed by atoms with Crippen molar-refractivity contribution in [3.63, 3.8) is 0 Å². The first-order valence-electron chi connectivity index (χ1n) is 4.36. The Kier molecular flexibility index (Phi) is 2.62. The van der Waals surface area contributed by atoms with E-state index < -0.39 is 5.97 Å². The molecule has 4 heteroatoms. The molecular formula is C10H9IO3. The molecular weight excluding hydrogens is 295 g/mol. The van der Waals surface area contributed by atoms with Crippen molar-refractivity contribution in [1.29, 1.82) is 0 Å². The molecule has 1 aromatic rings. The molecule has 74 valence electrons. The van der Waals surface area contributed by atoms with Crippen LogP contribution in [0.5, 0.6) is 5.75 Å². The van der Waals surface area contributed by atoms with Gasteiger partial charge in [0.2, 0.25) is 0 Å². The second-order valence-corrected chi connectivity index (χ2v) is 4.51. The predicted molar refractivity (Wildman–Crippen MR) is 59.8 cm³/mol. The second kappa shape index (κ2) is 3.76. The fourth-order valence-corrected chi connectivity index (χ4v) is 1.63. The Labute approximate surface area is 95.2 Å². The van der Waals surface area contributed by atoms with E-state index >= 15 is 0 Å². The van der Waals surface area contributed by atoms with Crippen LogP contribution in [0.2, 0.25) is 0 Å². The van der Waals surface area contributed by atoms with Crippen molar-refractivity contribution in [2.45, 2.75) is 18.9 Å². The summed E-state index contributed by atoms with van der Waals surface area (Å²) < 4.78 is 6.39. The number of halogens is 1. The van der Waals surface area contributed by atoms with Gasteiger partial charge >= 0.3 is 5.97 Å². The van der Waals surface area contributed by atoms with Gasteiger partial charge in [-0.3, -0.25) is 0 Å². The van der Waals surface area contributed by atoms with Crippen molar-refractivity contribution in [1.82, 2.24) is 0 Å². The van der Waals surface area contributed by atoms with Gasteiger partial charge in [0.1, 0.15) is 11.3 Å². The summed E-state index contributed by atoms with van der Waals surface area (Å²) in [6.45, 7) is 0. The Morgan fingerprint density at radius 2 is 2.21 bits per heavy atom. The Bertz CT molecular complexity index is 372. The Hall–Kier alpha value is -0.780. The first kappa shape index (κ1) is 9.76. The lowest BCUT2D eigenvalue weighted by Gasteiger charge is -2.07. The van der Waals surface area contributed by atoms with E-state index in [1.165, 1.54) is 0 Å². The highest BCUT2D eigenvalue weighted by atomic mass is 127. The smallest absolute Gasteiger partial charge is 0.339 e. The van der Waals surface area contributed by atoms with Crippen molar-refractivity contribution in [3.05, 3.63) is 27.3 Å². The van der Waals surface area contributed by atoms with Crippen LogP contribution in [-0.2, 0) is 0 Å². The maximum absolute atomic E-state index is 10.9. The van der Waals surface area contributed by atoms with Gasteiger partial charge in [-0.05, 0) is 53.6 Å². The third-order valence-corrected chi connectivity index (χ3v) is 2.66. The quantitative estimate of drug-likeness (QED) is 0.873. The lowest BCUT2D eigenvalue weighted by Crippen LogP contribution is -2.04. The molecule has 0 radical (unpaired) electrons. The third kappa shape index (κ3) is 2.17. The molecule has 14 heavy (non-hydrogen) atoms. The van der Waals surface area contributed by atoms with E-state index in [-0.39, 0.29) is 11.7 Å². The number of hydrogen-bond donors (Lipinski definition) is 1. The molecule has 0 spiro atoms. The van der Waals surface area contributed by atoms with Gasteiger partial charge in [-0.15, -0.1) is 0 Å². The maximum atomic E-state index is 10.9. The summed E-state index contributed by atoms with van der Waals surface area (Å²) in [6.07, 6.45) is 2.30. The second-order valence-electron chi connectivity index (χ2n) is 3.26. The monoisotopic (exact) mass is 304 g/mol. The lowest BCUT2D eigenvalue weighted by atomic mass is 10.2. The normalized spacial score (nSPS) is 15.2. The first-order chi connectivity index (χ1) is 6.66. The molecule has 1 aliphatic rings. The SMILES string of the molecule is O=C(O)c1cc(I)ccc1OC1CC1. The molecule has 0 heterocycles. The van der Waals surface area contributed by atoms with E-state index in [0.29, 0.717) is 5.75 Å². The van der Waals surface area contributed by atoms with Gasteiger partial charge in [0.25, 0.3) is 0 Å². The van der Waals surface area contributed by atoms with Crippen LogP contribution in [0.4, 0.5) is 0 Å². The van der Waals surface area contributed by atoms with Crippen LogP contribution in [-0.4, -0.2) is 17.2 Å². The fraction of sp³-hybridized carbons (Fsp3) is 0.300. The van der Waals surface area contributed by atoms with Crippen LogP contribution in [0.25, 0.3) is 0 Å². The molecule has 1 aromatic carbocycles. The zero-order valence-electron chi connectivity index (χ0n) is 7.37. The Morgan fingerprint density at radius 3 is 2.79 bits per heavy atom. The van der Waals surface area contributed by atoms with E-state index in [4.69, 9.17) is 9.84 Å². The summed E-state index contributed by atoms with van der Waals surface area (Å²) in [5.74, 6) is -0.445. The summed E-state index contributed by atoms with van der Waals surface area (Å²) in [5, 5.41) is 8.94. The van der Waals surface area contributed by atoms with Gasteiger partial charge in [-0.1, -0.05) is 0 Å². The largest absolute Gasteiger partial charge is 0.490 e. The van der Waals surface area contributed by atoms with Crippen LogP contribution < -0.4 is 4.74 Å². The van der Waals surface area contributed by atoms with Crippen LogP contribution in [0.15, 0.2) is 18.2 Å². The van der Waals surface area contributed by atoms with E-state index in [2.05, 4.69) is 22.6 Å². The van der Waals surface area contributed by atoms with Gasteiger partial charge in [0, 0.05) is 3.57 Å². The van der Waals surface area contributed by atoms with Crippen molar-refractivity contribution in [2.24, 2.45) is 0 Å². The van der Waals surface area contributed by atoms with Gasteiger partial charge < -0.3 is 9.84 Å². The average molecular weight is 304 g/mol. The molecule has 0 amide bonds. The number of rotatable bonds is 3. The molecule has 0 aromatic heterocycles. The number of ether oxygens (including phenoxy) is 1. The highest BCUT2D eigenvalue weighted by molar-refractivity contribution is 14.1. The average Bonchev–Trinajstić information content (AvgIpc) is 2.91. The molecule has 2 rings (SSSR count).